The van der Waals surface area contributed by atoms with Gasteiger partial charge in [0.15, 0.2) is 0 Å². The number of nitrogens with one attached hydrogen (secondary N) is 1. The van der Waals surface area contributed by atoms with Gasteiger partial charge in [-0.25, -0.2) is 4.79 Å². The molecule has 1 aromatic heterocycles. The van der Waals surface area contributed by atoms with Crippen LogP contribution in [0.3, 0.4) is 0 Å². The molecule has 0 aliphatic carbocycles. The molecule has 102 valence electrons. The van der Waals surface area contributed by atoms with E-state index in [9.17, 15) is 9.59 Å². The van der Waals surface area contributed by atoms with E-state index in [-0.39, 0.29) is 11.6 Å². The molecule has 20 heavy (non-hydrogen) atoms. The zero-order chi connectivity index (χ0) is 14.5. The molecule has 1 unspecified atom stereocenters. The second-order valence-electron chi connectivity index (χ2n) is 4.47. The van der Waals surface area contributed by atoms with E-state index in [2.05, 4.69) is 11.2 Å². The summed E-state index contributed by atoms with van der Waals surface area (Å²) in [4.78, 5) is 23.9. The lowest BCUT2D eigenvalue weighted by Gasteiger charge is -2.11. The second-order valence-corrected chi connectivity index (χ2v) is 4.47. The maximum Gasteiger partial charge on any atom is 0.349 e. The third kappa shape index (κ3) is 2.89. The summed E-state index contributed by atoms with van der Waals surface area (Å²) in [6.45, 7) is 1.97. The standard InChI is InChI=1S/C16H15NO3/c1-3-7-12(4-2)17-15(18)13-10-11-8-5-6-9-14(11)20-16(13)19/h2,5-6,8-10,12H,3,7H2,1H3,(H,17,18). The third-order valence-electron chi connectivity index (χ3n) is 2.97. The number of carbonyl (C=O) groups excluding carboxylic acids is 1. The first kappa shape index (κ1) is 13.9. The summed E-state index contributed by atoms with van der Waals surface area (Å²) in [5.74, 6) is 2.00. The summed E-state index contributed by atoms with van der Waals surface area (Å²) in [5.41, 5.74) is -0.232. The SMILES string of the molecule is C#CC(CCC)NC(=O)c1cc2ccccc2oc1=O. The molecule has 0 saturated carbocycles. The molecule has 2 aromatic rings. The van der Waals surface area contributed by atoms with Crippen molar-refractivity contribution >= 4 is 16.9 Å². The highest BCUT2D eigenvalue weighted by Gasteiger charge is 2.16. The maximum absolute atomic E-state index is 12.1. The van der Waals surface area contributed by atoms with E-state index in [0.717, 1.165) is 6.42 Å². The molecule has 1 atom stereocenters. The normalized spacial score (nSPS) is 11.8. The summed E-state index contributed by atoms with van der Waals surface area (Å²) in [7, 11) is 0. The quantitative estimate of drug-likeness (QED) is 0.684. The fraction of sp³-hybridized carbons (Fsp3) is 0.250. The van der Waals surface area contributed by atoms with Crippen LogP contribution in [0.25, 0.3) is 11.0 Å². The van der Waals surface area contributed by atoms with Crippen LogP contribution in [0.15, 0.2) is 39.5 Å². The van der Waals surface area contributed by atoms with Crippen molar-refractivity contribution < 1.29 is 9.21 Å². The largest absolute Gasteiger partial charge is 0.422 e. The lowest BCUT2D eigenvalue weighted by atomic mass is 10.1. The monoisotopic (exact) mass is 269 g/mol. The van der Waals surface area contributed by atoms with E-state index in [4.69, 9.17) is 10.8 Å². The van der Waals surface area contributed by atoms with Gasteiger partial charge >= 0.3 is 5.63 Å². The number of fused-ring (bicyclic) bond motifs is 1. The number of para-hydroxylation sites is 1. The summed E-state index contributed by atoms with van der Waals surface area (Å²) < 4.78 is 5.12. The van der Waals surface area contributed by atoms with Crippen LogP contribution >= 0.6 is 0 Å². The summed E-state index contributed by atoms with van der Waals surface area (Å²) >= 11 is 0. The van der Waals surface area contributed by atoms with E-state index in [1.165, 1.54) is 6.07 Å². The molecule has 0 bridgehead atoms. The van der Waals surface area contributed by atoms with Crippen molar-refractivity contribution in [3.63, 3.8) is 0 Å². The first-order chi connectivity index (χ1) is 9.65. The molecule has 4 heteroatoms. The van der Waals surface area contributed by atoms with Gasteiger partial charge in [0.05, 0.1) is 6.04 Å². The van der Waals surface area contributed by atoms with Crippen molar-refractivity contribution in [2.45, 2.75) is 25.8 Å². The molecule has 1 N–H and O–H groups in total. The van der Waals surface area contributed by atoms with E-state index >= 15 is 0 Å². The molecular formula is C16H15NO3. The summed E-state index contributed by atoms with van der Waals surface area (Å²) in [5, 5.41) is 3.35. The fourth-order valence-corrected chi connectivity index (χ4v) is 1.94. The van der Waals surface area contributed by atoms with Gasteiger partial charge < -0.3 is 9.73 Å². The highest BCUT2D eigenvalue weighted by atomic mass is 16.4. The average molecular weight is 269 g/mol. The zero-order valence-electron chi connectivity index (χ0n) is 11.2. The molecule has 0 radical (unpaired) electrons. The minimum absolute atomic E-state index is 0.0277. The van der Waals surface area contributed by atoms with Crippen LogP contribution in [0.2, 0.25) is 0 Å². The zero-order valence-corrected chi connectivity index (χ0v) is 11.2. The van der Waals surface area contributed by atoms with Gasteiger partial charge in [-0.2, -0.15) is 0 Å². The number of amides is 1. The van der Waals surface area contributed by atoms with Gasteiger partial charge in [0.25, 0.3) is 5.91 Å². The van der Waals surface area contributed by atoms with E-state index < -0.39 is 11.5 Å². The summed E-state index contributed by atoms with van der Waals surface area (Å²) in [6.07, 6.45) is 6.86. The highest BCUT2D eigenvalue weighted by molar-refractivity contribution is 5.96. The Morgan fingerprint density at radius 1 is 1.45 bits per heavy atom. The number of hydrogen-bond acceptors (Lipinski definition) is 3. The topological polar surface area (TPSA) is 59.3 Å². The van der Waals surface area contributed by atoms with Gasteiger partial charge in [-0.3, -0.25) is 4.79 Å². The molecule has 0 spiro atoms. The van der Waals surface area contributed by atoms with Crippen LogP contribution in [0.4, 0.5) is 0 Å². The molecular weight excluding hydrogens is 254 g/mol. The lowest BCUT2D eigenvalue weighted by Crippen LogP contribution is -2.36. The van der Waals surface area contributed by atoms with Crippen LogP contribution in [0.5, 0.6) is 0 Å². The smallest absolute Gasteiger partial charge is 0.349 e. The van der Waals surface area contributed by atoms with Gasteiger partial charge in [-0.05, 0) is 18.6 Å². The minimum atomic E-state index is -0.659. The van der Waals surface area contributed by atoms with E-state index in [0.29, 0.717) is 17.4 Å². The first-order valence-electron chi connectivity index (χ1n) is 6.45. The Balaban J connectivity index is 2.33. The van der Waals surface area contributed by atoms with Crippen LogP contribution in [-0.2, 0) is 0 Å². The van der Waals surface area contributed by atoms with Crippen LogP contribution in [0.1, 0.15) is 30.1 Å². The first-order valence-corrected chi connectivity index (χ1v) is 6.45. The third-order valence-corrected chi connectivity index (χ3v) is 2.97. The Morgan fingerprint density at radius 3 is 2.90 bits per heavy atom. The van der Waals surface area contributed by atoms with Crippen molar-refractivity contribution in [3.8, 4) is 12.3 Å². The maximum atomic E-state index is 12.1. The van der Waals surface area contributed by atoms with Crippen molar-refractivity contribution in [1.29, 1.82) is 0 Å². The van der Waals surface area contributed by atoms with Crippen molar-refractivity contribution in [2.24, 2.45) is 0 Å². The van der Waals surface area contributed by atoms with Crippen LogP contribution in [0, 0.1) is 12.3 Å². The van der Waals surface area contributed by atoms with Gasteiger partial charge in [0.2, 0.25) is 0 Å². The Hall–Kier alpha value is -2.54. The van der Waals surface area contributed by atoms with Crippen molar-refractivity contribution in [1.82, 2.24) is 5.32 Å². The Bertz CT molecular complexity index is 724. The van der Waals surface area contributed by atoms with Gasteiger partial charge in [-0.1, -0.05) is 37.5 Å². The molecule has 0 aliphatic rings. The van der Waals surface area contributed by atoms with Crippen LogP contribution < -0.4 is 10.9 Å². The van der Waals surface area contributed by atoms with Gasteiger partial charge in [0.1, 0.15) is 11.1 Å². The van der Waals surface area contributed by atoms with E-state index in [1.807, 2.05) is 13.0 Å². The Kier molecular flexibility index (Phi) is 4.21. The molecule has 0 fully saturated rings. The average Bonchev–Trinajstić information content (AvgIpc) is 2.45. The molecule has 2 rings (SSSR count). The molecule has 1 amide bonds. The predicted octanol–water partition coefficient (Wildman–Crippen LogP) is 2.32. The number of rotatable bonds is 4. The molecule has 1 aromatic carbocycles. The van der Waals surface area contributed by atoms with Gasteiger partial charge in [0, 0.05) is 5.39 Å². The number of hydrogen-bond donors (Lipinski definition) is 1. The molecule has 1 heterocycles. The second kappa shape index (κ2) is 6.07. The van der Waals surface area contributed by atoms with Crippen molar-refractivity contribution in [2.75, 3.05) is 0 Å². The van der Waals surface area contributed by atoms with Crippen molar-refractivity contribution in [3.05, 3.63) is 46.3 Å². The number of terminal acetylenes is 1. The Labute approximate surface area is 116 Å². The predicted molar refractivity (Wildman–Crippen MR) is 77.5 cm³/mol. The fourth-order valence-electron chi connectivity index (χ4n) is 1.94. The number of benzene rings is 1. The number of carbonyl (C=O) groups is 1. The molecule has 0 saturated heterocycles. The van der Waals surface area contributed by atoms with Gasteiger partial charge in [-0.15, -0.1) is 6.42 Å². The summed E-state index contributed by atoms with van der Waals surface area (Å²) in [6, 6.07) is 8.18. The lowest BCUT2D eigenvalue weighted by molar-refractivity contribution is 0.0941. The Morgan fingerprint density at radius 2 is 2.20 bits per heavy atom. The molecule has 4 nitrogen and oxygen atoms in total. The van der Waals surface area contributed by atoms with E-state index in [1.54, 1.807) is 18.2 Å². The van der Waals surface area contributed by atoms with Crippen LogP contribution in [-0.4, -0.2) is 11.9 Å². The minimum Gasteiger partial charge on any atom is -0.422 e. The molecule has 0 aliphatic heterocycles. The highest BCUT2D eigenvalue weighted by Crippen LogP contribution is 2.12.